The fraction of sp³-hybridized carbons (Fsp3) is 0.417. The molecule has 1 atom stereocenters. The average molecular weight is 284 g/mol. The number of rotatable bonds is 2. The van der Waals surface area contributed by atoms with E-state index in [0.717, 1.165) is 17.4 Å². The molecule has 0 amide bonds. The first kappa shape index (κ1) is 11.6. The van der Waals surface area contributed by atoms with Crippen LogP contribution in [0.1, 0.15) is 17.5 Å². The van der Waals surface area contributed by atoms with Gasteiger partial charge in [-0.05, 0) is 29.7 Å². The van der Waals surface area contributed by atoms with Crippen LogP contribution in [0.5, 0.6) is 0 Å². The van der Waals surface area contributed by atoms with Crippen molar-refractivity contribution < 1.29 is 9.53 Å². The number of ether oxygens (including phenoxy) is 1. The summed E-state index contributed by atoms with van der Waals surface area (Å²) in [5, 5.41) is 3.35. The molecule has 0 bridgehead atoms. The maximum Gasteiger partial charge on any atom is 0.307 e. The Kier molecular flexibility index (Phi) is 3.61. The van der Waals surface area contributed by atoms with E-state index in [0.29, 0.717) is 6.42 Å². The van der Waals surface area contributed by atoms with Crippen LogP contribution in [0.4, 0.5) is 0 Å². The van der Waals surface area contributed by atoms with Gasteiger partial charge < -0.3 is 10.1 Å². The highest BCUT2D eigenvalue weighted by Gasteiger charge is 2.20. The zero-order valence-corrected chi connectivity index (χ0v) is 10.7. The number of hydrogen-bond acceptors (Lipinski definition) is 3. The number of carbonyl (C=O) groups excluding carboxylic acids is 1. The number of benzene rings is 1. The molecule has 1 unspecified atom stereocenters. The Hall–Kier alpha value is -0.870. The van der Waals surface area contributed by atoms with Gasteiger partial charge in [-0.2, -0.15) is 0 Å². The number of carbonyl (C=O) groups is 1. The van der Waals surface area contributed by atoms with Crippen molar-refractivity contribution >= 4 is 21.9 Å². The molecule has 2 rings (SSSR count). The summed E-state index contributed by atoms with van der Waals surface area (Å²) in [5.74, 6) is -0.155. The van der Waals surface area contributed by atoms with Crippen molar-refractivity contribution in [3.8, 4) is 0 Å². The second-order valence-electron chi connectivity index (χ2n) is 3.98. The molecule has 1 N–H and O–H groups in total. The predicted molar refractivity (Wildman–Crippen MR) is 65.1 cm³/mol. The van der Waals surface area contributed by atoms with E-state index in [1.165, 1.54) is 18.2 Å². The lowest BCUT2D eigenvalue weighted by molar-refractivity contribution is -0.141. The third-order valence-electron chi connectivity index (χ3n) is 2.86. The van der Waals surface area contributed by atoms with E-state index in [1.807, 2.05) is 6.07 Å². The first-order chi connectivity index (χ1) is 7.69. The van der Waals surface area contributed by atoms with Crippen LogP contribution in [-0.2, 0) is 22.5 Å². The van der Waals surface area contributed by atoms with Gasteiger partial charge in [0.05, 0.1) is 13.5 Å². The Labute approximate surface area is 103 Å². The number of hydrogen-bond donors (Lipinski definition) is 1. The molecule has 1 aliphatic heterocycles. The minimum Gasteiger partial charge on any atom is -0.469 e. The molecule has 0 aromatic heterocycles. The summed E-state index contributed by atoms with van der Waals surface area (Å²) in [6, 6.07) is 6.47. The SMILES string of the molecule is COC(=O)CC1Cc2ccc(Br)cc2CN1. The quantitative estimate of drug-likeness (QED) is 0.844. The highest BCUT2D eigenvalue weighted by molar-refractivity contribution is 9.10. The number of fused-ring (bicyclic) bond motifs is 1. The van der Waals surface area contributed by atoms with E-state index in [9.17, 15) is 4.79 Å². The Morgan fingerprint density at radius 3 is 3.12 bits per heavy atom. The summed E-state index contributed by atoms with van der Waals surface area (Å²) in [7, 11) is 1.43. The molecular formula is C12H14BrNO2. The van der Waals surface area contributed by atoms with E-state index in [1.54, 1.807) is 0 Å². The van der Waals surface area contributed by atoms with Crippen molar-refractivity contribution in [3.05, 3.63) is 33.8 Å². The second kappa shape index (κ2) is 4.97. The number of halogens is 1. The number of nitrogens with one attached hydrogen (secondary N) is 1. The zero-order chi connectivity index (χ0) is 11.5. The lowest BCUT2D eigenvalue weighted by Crippen LogP contribution is -2.37. The third kappa shape index (κ3) is 2.62. The Morgan fingerprint density at radius 1 is 1.56 bits per heavy atom. The van der Waals surface area contributed by atoms with Crippen LogP contribution in [0.2, 0.25) is 0 Å². The van der Waals surface area contributed by atoms with Crippen LogP contribution in [0.15, 0.2) is 22.7 Å². The summed E-state index contributed by atoms with van der Waals surface area (Å²) in [5.41, 5.74) is 2.62. The van der Waals surface area contributed by atoms with Gasteiger partial charge in [-0.25, -0.2) is 0 Å². The first-order valence-electron chi connectivity index (χ1n) is 5.26. The van der Waals surface area contributed by atoms with Crippen molar-refractivity contribution in [2.45, 2.75) is 25.4 Å². The molecule has 1 aromatic carbocycles. The van der Waals surface area contributed by atoms with Crippen molar-refractivity contribution in [2.75, 3.05) is 7.11 Å². The standard InChI is InChI=1S/C12H14BrNO2/c1-16-12(15)6-11-5-8-2-3-10(13)4-9(8)7-14-11/h2-4,11,14H,5-7H2,1H3. The molecule has 0 spiro atoms. The van der Waals surface area contributed by atoms with Gasteiger partial charge in [-0.1, -0.05) is 22.0 Å². The van der Waals surface area contributed by atoms with Crippen molar-refractivity contribution in [3.63, 3.8) is 0 Å². The molecule has 1 aliphatic rings. The Morgan fingerprint density at radius 2 is 2.38 bits per heavy atom. The molecule has 16 heavy (non-hydrogen) atoms. The summed E-state index contributed by atoms with van der Waals surface area (Å²) in [6.45, 7) is 0.816. The van der Waals surface area contributed by atoms with Crippen LogP contribution in [0.3, 0.4) is 0 Å². The van der Waals surface area contributed by atoms with Gasteiger partial charge in [0.25, 0.3) is 0 Å². The zero-order valence-electron chi connectivity index (χ0n) is 9.13. The lowest BCUT2D eigenvalue weighted by Gasteiger charge is -2.25. The Balaban J connectivity index is 2.06. The van der Waals surface area contributed by atoms with Crippen molar-refractivity contribution in [2.24, 2.45) is 0 Å². The average Bonchev–Trinajstić information content (AvgIpc) is 2.29. The summed E-state index contributed by atoms with van der Waals surface area (Å²) in [4.78, 5) is 11.2. The van der Waals surface area contributed by atoms with Gasteiger partial charge in [-0.15, -0.1) is 0 Å². The van der Waals surface area contributed by atoms with Crippen molar-refractivity contribution in [1.29, 1.82) is 0 Å². The molecule has 0 aliphatic carbocycles. The van der Waals surface area contributed by atoms with Gasteiger partial charge in [0.15, 0.2) is 0 Å². The highest BCUT2D eigenvalue weighted by atomic mass is 79.9. The van der Waals surface area contributed by atoms with Gasteiger partial charge in [0.1, 0.15) is 0 Å². The van der Waals surface area contributed by atoms with E-state index in [2.05, 4.69) is 38.1 Å². The fourth-order valence-corrected chi connectivity index (χ4v) is 2.39. The van der Waals surface area contributed by atoms with Crippen LogP contribution in [0, 0.1) is 0 Å². The van der Waals surface area contributed by atoms with E-state index in [4.69, 9.17) is 0 Å². The second-order valence-corrected chi connectivity index (χ2v) is 4.89. The normalized spacial score (nSPS) is 19.0. The van der Waals surface area contributed by atoms with Gasteiger partial charge in [0.2, 0.25) is 0 Å². The molecular weight excluding hydrogens is 270 g/mol. The van der Waals surface area contributed by atoms with E-state index < -0.39 is 0 Å². The largest absolute Gasteiger partial charge is 0.469 e. The van der Waals surface area contributed by atoms with Crippen molar-refractivity contribution in [1.82, 2.24) is 5.32 Å². The fourth-order valence-electron chi connectivity index (χ4n) is 1.98. The topological polar surface area (TPSA) is 38.3 Å². The summed E-state index contributed by atoms with van der Waals surface area (Å²) >= 11 is 3.46. The van der Waals surface area contributed by atoms with Crippen LogP contribution in [-0.4, -0.2) is 19.1 Å². The van der Waals surface area contributed by atoms with Gasteiger partial charge in [0, 0.05) is 17.1 Å². The maximum absolute atomic E-state index is 11.2. The molecule has 4 heteroatoms. The predicted octanol–water partition coefficient (Wildman–Crippen LogP) is 2.03. The summed E-state index contributed by atoms with van der Waals surface area (Å²) < 4.78 is 5.77. The van der Waals surface area contributed by atoms with E-state index >= 15 is 0 Å². The minimum absolute atomic E-state index is 0.155. The summed E-state index contributed by atoms with van der Waals surface area (Å²) in [6.07, 6.45) is 1.32. The molecule has 0 radical (unpaired) electrons. The molecule has 3 nitrogen and oxygen atoms in total. The number of methoxy groups -OCH3 is 1. The monoisotopic (exact) mass is 283 g/mol. The maximum atomic E-state index is 11.2. The van der Waals surface area contributed by atoms with E-state index in [-0.39, 0.29) is 12.0 Å². The number of esters is 1. The lowest BCUT2D eigenvalue weighted by atomic mass is 9.94. The molecule has 86 valence electrons. The van der Waals surface area contributed by atoms with Gasteiger partial charge >= 0.3 is 5.97 Å². The minimum atomic E-state index is -0.155. The smallest absolute Gasteiger partial charge is 0.307 e. The highest BCUT2D eigenvalue weighted by Crippen LogP contribution is 2.22. The molecule has 0 saturated carbocycles. The molecule has 0 fully saturated rings. The molecule has 1 aromatic rings. The van der Waals surface area contributed by atoms with Crippen LogP contribution < -0.4 is 5.32 Å². The van der Waals surface area contributed by atoms with Crippen LogP contribution >= 0.6 is 15.9 Å². The Bertz CT molecular complexity index is 406. The molecule has 0 saturated heterocycles. The molecule has 1 heterocycles. The van der Waals surface area contributed by atoms with Crippen LogP contribution in [0.25, 0.3) is 0 Å². The third-order valence-corrected chi connectivity index (χ3v) is 3.35. The van der Waals surface area contributed by atoms with Gasteiger partial charge in [-0.3, -0.25) is 4.79 Å². The first-order valence-corrected chi connectivity index (χ1v) is 6.06.